The second-order valence-electron chi connectivity index (χ2n) is 9.20. The fourth-order valence-electron chi connectivity index (χ4n) is 4.12. The third-order valence-corrected chi connectivity index (χ3v) is 11.5. The first-order valence-corrected chi connectivity index (χ1v) is 16.0. The Morgan fingerprint density at radius 3 is 2.39 bits per heavy atom. The third kappa shape index (κ3) is 7.07. The van der Waals surface area contributed by atoms with Crippen LogP contribution in [-0.2, 0) is 27.1 Å². The maximum atomic E-state index is 12.5. The summed E-state index contributed by atoms with van der Waals surface area (Å²) >= 11 is -0.0275. The summed E-state index contributed by atoms with van der Waals surface area (Å²) in [6.45, 7) is -1.69. The normalized spacial score (nSPS) is 36.2. The number of anilines is 1. The Balaban J connectivity index is 1.34. The van der Waals surface area contributed by atoms with E-state index < -0.39 is 94.8 Å². The molecule has 0 amide bonds. The highest BCUT2D eigenvalue weighted by Gasteiger charge is 2.49. The predicted octanol–water partition coefficient (Wildman–Crippen LogP) is -3.80. The van der Waals surface area contributed by atoms with Crippen LogP contribution in [0.2, 0.25) is 0 Å². The van der Waals surface area contributed by atoms with Gasteiger partial charge in [-0.25, -0.2) is 18.9 Å². The highest BCUT2D eigenvalue weighted by Crippen LogP contribution is 2.60. The average molecular weight is 649 g/mol. The fourth-order valence-corrected chi connectivity index (χ4v) is 8.57. The number of hydrogen-bond donors (Lipinski definition) is 10. The zero-order chi connectivity index (χ0) is 30.3. The fraction of sp³-hybridized carbons (Fsp3) is 0.722. The van der Waals surface area contributed by atoms with Gasteiger partial charge in [-0.15, -0.1) is 0 Å². The van der Waals surface area contributed by atoms with Crippen LogP contribution in [0.3, 0.4) is 0 Å². The van der Waals surface area contributed by atoms with Gasteiger partial charge in [0.1, 0.15) is 60.7 Å². The molecule has 2 aliphatic rings. The summed E-state index contributed by atoms with van der Waals surface area (Å²) in [5.41, 5.74) is 4.44. The van der Waals surface area contributed by atoms with Crippen LogP contribution in [0.15, 0.2) is 12.7 Å². The van der Waals surface area contributed by atoms with Gasteiger partial charge in [0.05, 0.1) is 19.5 Å². The molecule has 2 aliphatic heterocycles. The van der Waals surface area contributed by atoms with Crippen molar-refractivity contribution in [3.05, 3.63) is 12.7 Å². The van der Waals surface area contributed by atoms with Gasteiger partial charge in [0.25, 0.3) is 0 Å². The lowest BCUT2D eigenvalue weighted by Gasteiger charge is -2.41. The quantitative estimate of drug-likeness (QED) is 0.0824. The summed E-state index contributed by atoms with van der Waals surface area (Å²) in [6, 6.07) is 0. The van der Waals surface area contributed by atoms with E-state index in [1.807, 2.05) is 0 Å². The van der Waals surface area contributed by atoms with Gasteiger partial charge in [0.15, 0.2) is 29.0 Å². The zero-order valence-electron chi connectivity index (χ0n) is 20.7. The van der Waals surface area contributed by atoms with Gasteiger partial charge in [-0.3, -0.25) is 13.7 Å². The second-order valence-corrected chi connectivity index (χ2v) is 14.4. The van der Waals surface area contributed by atoms with Crippen molar-refractivity contribution in [1.82, 2.24) is 19.5 Å². The lowest BCUT2D eigenvalue weighted by atomic mass is 9.96. The smallest absolute Gasteiger partial charge is 0.351 e. The molecule has 2 fully saturated rings. The molecule has 4 heterocycles. The van der Waals surface area contributed by atoms with Crippen molar-refractivity contribution in [2.45, 2.75) is 60.5 Å². The van der Waals surface area contributed by atoms with Crippen LogP contribution in [0.25, 0.3) is 11.2 Å². The first-order chi connectivity index (χ1) is 19.2. The highest BCUT2D eigenvalue weighted by atomic mass is 32.2. The Labute approximate surface area is 234 Å². The number of hydrogen-bond acceptors (Lipinski definition) is 18. The van der Waals surface area contributed by atoms with E-state index in [-0.39, 0.29) is 29.0 Å². The molecule has 0 spiro atoms. The van der Waals surface area contributed by atoms with E-state index in [4.69, 9.17) is 24.8 Å². The molecule has 0 aliphatic carbocycles. The Morgan fingerprint density at radius 2 is 1.71 bits per heavy atom. The highest BCUT2D eigenvalue weighted by molar-refractivity contribution is 7.99. The number of aliphatic hydroxyl groups excluding tert-OH is 7. The minimum absolute atomic E-state index is 0.0275. The van der Waals surface area contributed by atoms with E-state index in [9.17, 15) is 49.6 Å². The number of ether oxygens (including phenoxy) is 2. The molecule has 0 aromatic carbocycles. The van der Waals surface area contributed by atoms with E-state index in [2.05, 4.69) is 18.9 Å². The van der Waals surface area contributed by atoms with Gasteiger partial charge in [0, 0.05) is 12.0 Å². The van der Waals surface area contributed by atoms with Gasteiger partial charge < -0.3 is 65.3 Å². The van der Waals surface area contributed by atoms with E-state index >= 15 is 0 Å². The standard InChI is InChI=1S/C18H29N5O15P2S/c19-15-8-16(21-3-20-15)23(4-22-8)17-12(29)9(26)7(36-17)2-35-39(31,32)5-40(33,34)38-41-18-13(30)10(27)11(28)14(37-18)6(25)1-24/h3-4,6-7,9-14,17-18,24-30H,1-2,5H2,(H,31,32)(H,33,34)(H2,19,20,21)/t6-,7-,9?,10?,11+,12?,13?,14?,17-,18+/m1/s1. The molecule has 2 aromatic heterocycles. The lowest BCUT2D eigenvalue weighted by molar-refractivity contribution is -0.225. The van der Waals surface area contributed by atoms with Gasteiger partial charge in [0.2, 0.25) is 0 Å². The number of nitrogen functional groups attached to an aromatic ring is 1. The van der Waals surface area contributed by atoms with E-state index in [0.29, 0.717) is 0 Å². The zero-order valence-corrected chi connectivity index (χ0v) is 23.3. The SMILES string of the molecule is Nc1ncnc2c1ncn2[C@@H]1O[C@H](COP(=O)(O)CP(=O)(O)OS[C@@H]2OC([C@H](O)CO)[C@@H](O)C(O)C2O)C(O)C1O. The Hall–Kier alpha value is -1.36. The third-order valence-electron chi connectivity index (χ3n) is 6.22. The van der Waals surface area contributed by atoms with Gasteiger partial charge in [-0.05, 0) is 0 Å². The summed E-state index contributed by atoms with van der Waals surface area (Å²) in [4.78, 5) is 32.1. The average Bonchev–Trinajstić information content (AvgIpc) is 3.46. The summed E-state index contributed by atoms with van der Waals surface area (Å²) in [5.74, 6) is -1.42. The molecule has 11 N–H and O–H groups in total. The van der Waals surface area contributed by atoms with Gasteiger partial charge in [-0.2, -0.15) is 0 Å². The first-order valence-electron chi connectivity index (χ1n) is 11.7. The summed E-state index contributed by atoms with van der Waals surface area (Å²) in [6.07, 6.45) is -12.4. The van der Waals surface area contributed by atoms with Crippen molar-refractivity contribution >= 4 is 44.2 Å². The Kier molecular flexibility index (Phi) is 10.1. The van der Waals surface area contributed by atoms with Crippen LogP contribution in [0.5, 0.6) is 0 Å². The molecule has 23 heteroatoms. The number of aromatic nitrogens is 4. The second kappa shape index (κ2) is 12.7. The number of fused-ring (bicyclic) bond motifs is 1. The molecule has 0 saturated carbocycles. The van der Waals surface area contributed by atoms with Crippen LogP contribution < -0.4 is 5.73 Å². The molecule has 2 saturated heterocycles. The predicted molar refractivity (Wildman–Crippen MR) is 135 cm³/mol. The van der Waals surface area contributed by atoms with Crippen molar-refractivity contribution in [3.8, 4) is 0 Å². The van der Waals surface area contributed by atoms with Crippen LogP contribution in [0, 0.1) is 0 Å². The lowest BCUT2D eigenvalue weighted by Crippen LogP contribution is -2.60. The van der Waals surface area contributed by atoms with E-state index in [1.165, 1.54) is 10.9 Å². The largest absolute Gasteiger partial charge is 0.394 e. The summed E-state index contributed by atoms with van der Waals surface area (Å²) in [7, 11) is -9.90. The van der Waals surface area contributed by atoms with Crippen LogP contribution >= 0.6 is 27.2 Å². The van der Waals surface area contributed by atoms with Crippen molar-refractivity contribution < 1.29 is 72.6 Å². The van der Waals surface area contributed by atoms with Crippen molar-refractivity contribution in [3.63, 3.8) is 0 Å². The van der Waals surface area contributed by atoms with E-state index in [0.717, 1.165) is 6.33 Å². The molecule has 232 valence electrons. The van der Waals surface area contributed by atoms with Crippen LogP contribution in [0.4, 0.5) is 5.82 Å². The van der Waals surface area contributed by atoms with Crippen molar-refractivity contribution in [2.24, 2.45) is 0 Å². The maximum Gasteiger partial charge on any atom is 0.351 e. The topological polar surface area (TPSA) is 323 Å². The van der Waals surface area contributed by atoms with E-state index in [1.54, 1.807) is 0 Å². The number of nitrogens with two attached hydrogens (primary N) is 1. The first kappa shape index (κ1) is 32.6. The molecular formula is C18H29N5O15P2S. The van der Waals surface area contributed by atoms with Crippen LogP contribution in [-0.4, -0.2) is 138 Å². The van der Waals surface area contributed by atoms with Crippen molar-refractivity contribution in [2.75, 3.05) is 24.9 Å². The maximum absolute atomic E-state index is 12.5. The minimum Gasteiger partial charge on any atom is -0.394 e. The summed E-state index contributed by atoms with van der Waals surface area (Å²) in [5, 5.41) is 69.6. The van der Waals surface area contributed by atoms with Crippen molar-refractivity contribution in [1.29, 1.82) is 0 Å². The molecule has 7 unspecified atom stereocenters. The Bertz CT molecular complexity index is 1310. The molecule has 2 aromatic rings. The molecule has 4 rings (SSSR count). The van der Waals surface area contributed by atoms with Gasteiger partial charge >= 0.3 is 15.2 Å². The molecular weight excluding hydrogens is 620 g/mol. The summed E-state index contributed by atoms with van der Waals surface area (Å²) < 4.78 is 46.5. The van der Waals surface area contributed by atoms with Crippen LogP contribution in [0.1, 0.15) is 6.23 Å². The molecule has 20 nitrogen and oxygen atoms in total. The number of aliphatic hydroxyl groups is 7. The minimum atomic E-state index is -4.98. The monoisotopic (exact) mass is 649 g/mol. The molecule has 0 bridgehead atoms. The number of rotatable bonds is 11. The number of nitrogens with zero attached hydrogens (tertiary/aromatic N) is 4. The number of imidazole rings is 1. The molecule has 41 heavy (non-hydrogen) atoms. The molecule has 0 radical (unpaired) electrons. The Morgan fingerprint density at radius 1 is 1.00 bits per heavy atom. The van der Waals surface area contributed by atoms with Gasteiger partial charge in [-0.1, -0.05) is 0 Å². The molecule has 12 atom stereocenters.